The second-order valence-electron chi connectivity index (χ2n) is 5.62. The first kappa shape index (κ1) is 14.1. The van der Waals surface area contributed by atoms with Gasteiger partial charge < -0.3 is 10.2 Å². The number of piperidine rings is 1. The van der Waals surface area contributed by atoms with E-state index in [9.17, 15) is 4.79 Å². The predicted octanol–water partition coefficient (Wildman–Crippen LogP) is 2.42. The molecule has 0 atom stereocenters. The lowest BCUT2D eigenvalue weighted by Crippen LogP contribution is -2.47. The molecule has 1 aliphatic heterocycles. The average molecular weight is 260 g/mol. The zero-order valence-electron chi connectivity index (χ0n) is 12.0. The van der Waals surface area contributed by atoms with Gasteiger partial charge in [0.05, 0.1) is 0 Å². The Morgan fingerprint density at radius 2 is 1.89 bits per heavy atom. The second kappa shape index (κ2) is 6.20. The molecule has 0 unspecified atom stereocenters. The van der Waals surface area contributed by atoms with E-state index in [1.807, 2.05) is 23.1 Å². The third-order valence-corrected chi connectivity index (χ3v) is 4.11. The Balaban J connectivity index is 2.06. The van der Waals surface area contributed by atoms with Crippen LogP contribution in [0.1, 0.15) is 32.3 Å². The summed E-state index contributed by atoms with van der Waals surface area (Å²) in [5.74, 6) is 0.306. The van der Waals surface area contributed by atoms with Gasteiger partial charge in [-0.25, -0.2) is 0 Å². The van der Waals surface area contributed by atoms with Crippen molar-refractivity contribution in [3.63, 3.8) is 0 Å². The zero-order valence-corrected chi connectivity index (χ0v) is 12.0. The Hall–Kier alpha value is -1.35. The summed E-state index contributed by atoms with van der Waals surface area (Å²) >= 11 is 0. The Morgan fingerprint density at radius 3 is 2.47 bits per heavy atom. The molecular weight excluding hydrogens is 236 g/mol. The summed E-state index contributed by atoms with van der Waals surface area (Å²) in [6, 6.07) is 10.2. The second-order valence-corrected chi connectivity index (χ2v) is 5.62. The number of amides is 1. The zero-order chi connectivity index (χ0) is 13.7. The summed E-state index contributed by atoms with van der Waals surface area (Å²) in [5, 5.41) is 3.33. The van der Waals surface area contributed by atoms with Gasteiger partial charge >= 0.3 is 0 Å². The molecule has 0 aliphatic carbocycles. The monoisotopic (exact) mass is 260 g/mol. The fourth-order valence-corrected chi connectivity index (χ4v) is 2.71. The van der Waals surface area contributed by atoms with Crippen molar-refractivity contribution in [2.75, 3.05) is 19.6 Å². The van der Waals surface area contributed by atoms with E-state index in [0.29, 0.717) is 5.91 Å². The van der Waals surface area contributed by atoms with Gasteiger partial charge in [-0.2, -0.15) is 0 Å². The predicted molar refractivity (Wildman–Crippen MR) is 77.7 cm³/mol. The summed E-state index contributed by atoms with van der Waals surface area (Å²) in [6.45, 7) is 7.57. The van der Waals surface area contributed by atoms with Gasteiger partial charge in [0.2, 0.25) is 5.91 Å². The molecule has 1 aromatic carbocycles. The quantitative estimate of drug-likeness (QED) is 0.901. The molecule has 0 spiro atoms. The van der Waals surface area contributed by atoms with Crippen LogP contribution >= 0.6 is 0 Å². The molecule has 19 heavy (non-hydrogen) atoms. The van der Waals surface area contributed by atoms with Crippen molar-refractivity contribution >= 4 is 5.91 Å². The van der Waals surface area contributed by atoms with Crippen LogP contribution in [0, 0.1) is 5.41 Å². The fraction of sp³-hybridized carbons (Fsp3) is 0.562. The number of benzene rings is 1. The molecule has 1 fully saturated rings. The van der Waals surface area contributed by atoms with Crippen molar-refractivity contribution in [3.8, 4) is 0 Å². The number of carbonyl (C=O) groups excluding carboxylic acids is 1. The van der Waals surface area contributed by atoms with E-state index in [-0.39, 0.29) is 5.41 Å². The number of hydrogen-bond donors (Lipinski definition) is 1. The van der Waals surface area contributed by atoms with Crippen LogP contribution < -0.4 is 5.32 Å². The van der Waals surface area contributed by atoms with E-state index in [1.54, 1.807) is 0 Å². The molecule has 0 radical (unpaired) electrons. The molecule has 1 aromatic rings. The number of hydrogen-bond acceptors (Lipinski definition) is 2. The lowest BCUT2D eigenvalue weighted by atomic mass is 9.79. The van der Waals surface area contributed by atoms with E-state index < -0.39 is 0 Å². The molecule has 1 heterocycles. The van der Waals surface area contributed by atoms with Crippen molar-refractivity contribution in [1.82, 2.24) is 10.2 Å². The standard InChI is InChI=1S/C16H24N2O/c1-3-18(13-14-7-5-4-6-8-14)15(19)16(2)9-11-17-12-10-16/h4-8,17H,3,9-13H2,1-2H3. The van der Waals surface area contributed by atoms with E-state index in [2.05, 4.69) is 31.3 Å². The van der Waals surface area contributed by atoms with E-state index in [1.165, 1.54) is 5.56 Å². The summed E-state index contributed by atoms with van der Waals surface area (Å²) in [6.07, 6.45) is 1.88. The third-order valence-electron chi connectivity index (χ3n) is 4.11. The van der Waals surface area contributed by atoms with Crippen LogP contribution in [0.3, 0.4) is 0 Å². The molecule has 3 nitrogen and oxygen atoms in total. The summed E-state index contributed by atoms with van der Waals surface area (Å²) in [5.41, 5.74) is 1.02. The number of nitrogens with zero attached hydrogens (tertiary/aromatic N) is 1. The Bertz CT molecular complexity index is 410. The van der Waals surface area contributed by atoms with Crippen molar-refractivity contribution < 1.29 is 4.79 Å². The topological polar surface area (TPSA) is 32.3 Å². The molecule has 1 amide bonds. The Morgan fingerprint density at radius 1 is 1.26 bits per heavy atom. The Labute approximate surface area is 116 Å². The fourth-order valence-electron chi connectivity index (χ4n) is 2.71. The van der Waals surface area contributed by atoms with Crippen molar-refractivity contribution in [1.29, 1.82) is 0 Å². The van der Waals surface area contributed by atoms with Gasteiger partial charge in [0.15, 0.2) is 0 Å². The normalized spacial score (nSPS) is 18.0. The van der Waals surface area contributed by atoms with Gasteiger partial charge in [0.25, 0.3) is 0 Å². The van der Waals surface area contributed by atoms with Crippen LogP contribution in [-0.4, -0.2) is 30.4 Å². The lowest BCUT2D eigenvalue weighted by Gasteiger charge is -2.37. The molecule has 0 saturated carbocycles. The van der Waals surface area contributed by atoms with Gasteiger partial charge in [-0.1, -0.05) is 37.3 Å². The first-order chi connectivity index (χ1) is 9.15. The van der Waals surface area contributed by atoms with E-state index in [4.69, 9.17) is 0 Å². The smallest absolute Gasteiger partial charge is 0.228 e. The van der Waals surface area contributed by atoms with Gasteiger partial charge in [0, 0.05) is 18.5 Å². The minimum absolute atomic E-state index is 0.184. The highest BCUT2D eigenvalue weighted by atomic mass is 16.2. The maximum absolute atomic E-state index is 12.8. The number of nitrogens with one attached hydrogen (secondary N) is 1. The van der Waals surface area contributed by atoms with E-state index in [0.717, 1.165) is 39.0 Å². The van der Waals surface area contributed by atoms with Crippen molar-refractivity contribution in [3.05, 3.63) is 35.9 Å². The molecule has 1 aliphatic rings. The molecule has 2 rings (SSSR count). The van der Waals surface area contributed by atoms with Crippen molar-refractivity contribution in [2.45, 2.75) is 33.2 Å². The molecule has 104 valence electrons. The highest BCUT2D eigenvalue weighted by Gasteiger charge is 2.37. The first-order valence-corrected chi connectivity index (χ1v) is 7.20. The lowest BCUT2D eigenvalue weighted by molar-refractivity contribution is -0.143. The van der Waals surface area contributed by atoms with Crippen LogP contribution in [-0.2, 0) is 11.3 Å². The van der Waals surface area contributed by atoms with Gasteiger partial charge in [-0.3, -0.25) is 4.79 Å². The van der Waals surface area contributed by atoms with Crippen LogP contribution in [0.2, 0.25) is 0 Å². The van der Waals surface area contributed by atoms with E-state index >= 15 is 0 Å². The number of carbonyl (C=O) groups is 1. The average Bonchev–Trinajstić information content (AvgIpc) is 2.46. The van der Waals surface area contributed by atoms with Crippen LogP contribution in [0.4, 0.5) is 0 Å². The van der Waals surface area contributed by atoms with Crippen LogP contribution in [0.15, 0.2) is 30.3 Å². The molecule has 0 aromatic heterocycles. The first-order valence-electron chi connectivity index (χ1n) is 7.20. The molecular formula is C16H24N2O. The molecule has 0 bridgehead atoms. The summed E-state index contributed by atoms with van der Waals surface area (Å²) in [7, 11) is 0. The van der Waals surface area contributed by atoms with Crippen molar-refractivity contribution in [2.24, 2.45) is 5.41 Å². The summed E-state index contributed by atoms with van der Waals surface area (Å²) < 4.78 is 0. The Kier molecular flexibility index (Phi) is 4.59. The van der Waals surface area contributed by atoms with Crippen LogP contribution in [0.25, 0.3) is 0 Å². The molecule has 3 heteroatoms. The highest BCUT2D eigenvalue weighted by Crippen LogP contribution is 2.30. The number of rotatable bonds is 4. The van der Waals surface area contributed by atoms with Gasteiger partial charge in [0.1, 0.15) is 0 Å². The van der Waals surface area contributed by atoms with Crippen LogP contribution in [0.5, 0.6) is 0 Å². The molecule has 1 N–H and O–H groups in total. The largest absolute Gasteiger partial charge is 0.338 e. The maximum Gasteiger partial charge on any atom is 0.228 e. The minimum atomic E-state index is -0.184. The maximum atomic E-state index is 12.8. The minimum Gasteiger partial charge on any atom is -0.338 e. The summed E-state index contributed by atoms with van der Waals surface area (Å²) in [4.78, 5) is 14.7. The SMILES string of the molecule is CCN(Cc1ccccc1)C(=O)C1(C)CCNCC1. The highest BCUT2D eigenvalue weighted by molar-refractivity contribution is 5.82. The third kappa shape index (κ3) is 3.35. The van der Waals surface area contributed by atoms with Gasteiger partial charge in [-0.05, 0) is 38.4 Å². The van der Waals surface area contributed by atoms with Gasteiger partial charge in [-0.15, -0.1) is 0 Å². The molecule has 1 saturated heterocycles.